The van der Waals surface area contributed by atoms with Crippen LogP contribution in [0.5, 0.6) is 0 Å². The van der Waals surface area contributed by atoms with Crippen molar-refractivity contribution in [2.45, 2.75) is 19.3 Å². The maximum atomic E-state index is 14.1. The van der Waals surface area contributed by atoms with Gasteiger partial charge in [-0.3, -0.25) is 0 Å². The van der Waals surface area contributed by atoms with Gasteiger partial charge in [0.05, 0.1) is 11.0 Å². The molecule has 1 aliphatic rings. The van der Waals surface area contributed by atoms with Crippen molar-refractivity contribution in [2.75, 3.05) is 4.90 Å². The summed E-state index contributed by atoms with van der Waals surface area (Å²) in [7, 11) is 0. The lowest BCUT2D eigenvalue weighted by molar-refractivity contribution is 0.627. The fraction of sp³-hybridized carbons (Fsp3) is 0.0667. The Balaban J connectivity index is 1.26. The lowest BCUT2D eigenvalue weighted by atomic mass is 9.82. The van der Waals surface area contributed by atoms with Gasteiger partial charge in [0.15, 0.2) is 0 Å². The van der Waals surface area contributed by atoms with Crippen molar-refractivity contribution >= 4 is 38.9 Å². The van der Waals surface area contributed by atoms with E-state index in [1.807, 2.05) is 12.1 Å². The van der Waals surface area contributed by atoms with E-state index in [0.717, 1.165) is 39.2 Å². The van der Waals surface area contributed by atoms with Gasteiger partial charge in [-0.25, -0.2) is 4.39 Å². The van der Waals surface area contributed by atoms with E-state index in [2.05, 4.69) is 163 Å². The molecule has 0 spiro atoms. The van der Waals surface area contributed by atoms with Crippen LogP contribution < -0.4 is 4.90 Å². The minimum atomic E-state index is -0.244. The van der Waals surface area contributed by atoms with Crippen LogP contribution in [0.1, 0.15) is 25.0 Å². The second-order valence-corrected chi connectivity index (χ2v) is 13.2. The van der Waals surface area contributed by atoms with Crippen molar-refractivity contribution in [3.63, 3.8) is 0 Å². The summed E-state index contributed by atoms with van der Waals surface area (Å²) in [6, 6.07) is 57.0. The van der Waals surface area contributed by atoms with Crippen molar-refractivity contribution in [2.24, 2.45) is 0 Å². The Kier molecular flexibility index (Phi) is 6.38. The molecule has 0 aliphatic heterocycles. The standard InChI is InChI=1S/C45H33FN2/c1-45(2)41-14-8-6-12-37(41)38-26-24-35(28-42(38)45)47(33-20-16-31(17-21-33)30-10-4-3-5-11-30)36-25-27-40-39-13-7-9-15-43(39)48(44(40)29-36)34-22-18-32(46)19-23-34/h3-29H,1-2H3. The molecule has 0 unspecified atom stereocenters. The van der Waals surface area contributed by atoms with Gasteiger partial charge in [0.2, 0.25) is 0 Å². The van der Waals surface area contributed by atoms with Crippen molar-refractivity contribution in [1.29, 1.82) is 0 Å². The van der Waals surface area contributed by atoms with E-state index < -0.39 is 0 Å². The minimum Gasteiger partial charge on any atom is -0.310 e. The van der Waals surface area contributed by atoms with Gasteiger partial charge in [0, 0.05) is 38.9 Å². The van der Waals surface area contributed by atoms with Gasteiger partial charge in [0.25, 0.3) is 0 Å². The molecular formula is C45H33FN2. The van der Waals surface area contributed by atoms with Crippen molar-refractivity contribution in [1.82, 2.24) is 4.57 Å². The first-order valence-corrected chi connectivity index (χ1v) is 16.5. The monoisotopic (exact) mass is 620 g/mol. The molecule has 0 amide bonds. The van der Waals surface area contributed by atoms with E-state index in [4.69, 9.17) is 0 Å². The quantitative estimate of drug-likeness (QED) is 0.186. The van der Waals surface area contributed by atoms with Crippen LogP contribution in [0.4, 0.5) is 21.5 Å². The summed E-state index contributed by atoms with van der Waals surface area (Å²) in [5.74, 6) is -0.244. The van der Waals surface area contributed by atoms with E-state index in [1.165, 1.54) is 50.9 Å². The van der Waals surface area contributed by atoms with E-state index in [0.29, 0.717) is 0 Å². The van der Waals surface area contributed by atoms with Gasteiger partial charge in [-0.05, 0) is 100 Å². The summed E-state index contributed by atoms with van der Waals surface area (Å²) in [4.78, 5) is 2.36. The highest BCUT2D eigenvalue weighted by Crippen LogP contribution is 2.51. The Morgan fingerprint density at radius 2 is 1.08 bits per heavy atom. The number of halogens is 1. The molecule has 0 radical (unpaired) electrons. The second-order valence-electron chi connectivity index (χ2n) is 13.2. The molecule has 48 heavy (non-hydrogen) atoms. The molecule has 3 heteroatoms. The maximum absolute atomic E-state index is 14.1. The topological polar surface area (TPSA) is 8.17 Å². The van der Waals surface area contributed by atoms with Gasteiger partial charge in [-0.1, -0.05) is 111 Å². The van der Waals surface area contributed by atoms with E-state index in [9.17, 15) is 4.39 Å². The van der Waals surface area contributed by atoms with Crippen LogP contribution in [0.2, 0.25) is 0 Å². The fourth-order valence-electron chi connectivity index (χ4n) is 7.68. The first kappa shape index (κ1) is 28.3. The smallest absolute Gasteiger partial charge is 0.123 e. The molecule has 0 saturated carbocycles. The molecular weight excluding hydrogens is 588 g/mol. The number of fused-ring (bicyclic) bond motifs is 6. The SMILES string of the molecule is CC1(C)c2ccccc2-c2ccc(N(c3ccc(-c4ccccc4)cc3)c3ccc4c5ccccc5n(-c5ccc(F)cc5)c4c3)cc21. The summed E-state index contributed by atoms with van der Waals surface area (Å²) in [5.41, 5.74) is 13.9. The predicted octanol–water partition coefficient (Wildman–Crippen LogP) is 12.4. The molecule has 7 aromatic carbocycles. The third-order valence-electron chi connectivity index (χ3n) is 10.1. The van der Waals surface area contributed by atoms with Crippen LogP contribution in [0.15, 0.2) is 164 Å². The zero-order valence-electron chi connectivity index (χ0n) is 26.9. The second kappa shape index (κ2) is 10.8. The Bertz CT molecular complexity index is 2470. The van der Waals surface area contributed by atoms with Crippen LogP contribution in [0.25, 0.3) is 49.7 Å². The Morgan fingerprint density at radius 1 is 0.479 bits per heavy atom. The summed E-state index contributed by atoms with van der Waals surface area (Å²) >= 11 is 0. The largest absolute Gasteiger partial charge is 0.310 e. The number of aromatic nitrogens is 1. The van der Waals surface area contributed by atoms with Crippen LogP contribution in [-0.2, 0) is 5.41 Å². The van der Waals surface area contributed by atoms with Gasteiger partial charge in [-0.2, -0.15) is 0 Å². The molecule has 1 aliphatic carbocycles. The van der Waals surface area contributed by atoms with Crippen LogP contribution in [0, 0.1) is 5.82 Å². The number of anilines is 3. The van der Waals surface area contributed by atoms with Crippen molar-refractivity contribution in [3.8, 4) is 27.9 Å². The van der Waals surface area contributed by atoms with Gasteiger partial charge in [-0.15, -0.1) is 0 Å². The summed E-state index contributed by atoms with van der Waals surface area (Å²) in [6.07, 6.45) is 0. The van der Waals surface area contributed by atoms with E-state index in [-0.39, 0.29) is 11.2 Å². The van der Waals surface area contributed by atoms with Crippen LogP contribution >= 0.6 is 0 Å². The zero-order chi connectivity index (χ0) is 32.4. The van der Waals surface area contributed by atoms with E-state index >= 15 is 0 Å². The van der Waals surface area contributed by atoms with Crippen LogP contribution in [-0.4, -0.2) is 4.57 Å². The molecule has 0 fully saturated rings. The van der Waals surface area contributed by atoms with Crippen molar-refractivity contribution in [3.05, 3.63) is 181 Å². The first-order valence-electron chi connectivity index (χ1n) is 16.5. The minimum absolute atomic E-state index is 0.121. The summed E-state index contributed by atoms with van der Waals surface area (Å²) < 4.78 is 16.3. The molecule has 1 aromatic heterocycles. The number of hydrogen-bond acceptors (Lipinski definition) is 1. The third kappa shape index (κ3) is 4.39. The van der Waals surface area contributed by atoms with E-state index in [1.54, 1.807) is 0 Å². The highest BCUT2D eigenvalue weighted by Gasteiger charge is 2.35. The average molecular weight is 621 g/mol. The molecule has 8 aromatic rings. The lowest BCUT2D eigenvalue weighted by Gasteiger charge is -2.28. The highest BCUT2D eigenvalue weighted by molar-refractivity contribution is 6.10. The first-order chi connectivity index (χ1) is 23.5. The maximum Gasteiger partial charge on any atom is 0.123 e. The Morgan fingerprint density at radius 3 is 1.90 bits per heavy atom. The molecule has 9 rings (SSSR count). The predicted molar refractivity (Wildman–Crippen MR) is 198 cm³/mol. The summed E-state index contributed by atoms with van der Waals surface area (Å²) in [5, 5.41) is 2.32. The van der Waals surface area contributed by atoms with Crippen molar-refractivity contribution < 1.29 is 4.39 Å². The van der Waals surface area contributed by atoms with Gasteiger partial charge in [0.1, 0.15) is 5.82 Å². The van der Waals surface area contributed by atoms with Gasteiger partial charge < -0.3 is 9.47 Å². The molecule has 0 N–H and O–H groups in total. The number of hydrogen-bond donors (Lipinski definition) is 0. The Labute approximate surface area is 280 Å². The average Bonchev–Trinajstić information content (AvgIpc) is 3.58. The normalized spacial score (nSPS) is 13.1. The molecule has 2 nitrogen and oxygen atoms in total. The number of nitrogens with zero attached hydrogens (tertiary/aromatic N) is 2. The van der Waals surface area contributed by atoms with Gasteiger partial charge >= 0.3 is 0 Å². The zero-order valence-corrected chi connectivity index (χ0v) is 26.9. The fourth-order valence-corrected chi connectivity index (χ4v) is 7.68. The third-order valence-corrected chi connectivity index (χ3v) is 10.1. The molecule has 1 heterocycles. The molecule has 0 bridgehead atoms. The Hall–Kier alpha value is -5.93. The molecule has 230 valence electrons. The molecule has 0 saturated heterocycles. The summed E-state index contributed by atoms with van der Waals surface area (Å²) in [6.45, 7) is 4.65. The number of para-hydroxylation sites is 1. The number of rotatable bonds is 5. The molecule has 0 atom stereocenters. The number of benzene rings is 7. The lowest BCUT2D eigenvalue weighted by Crippen LogP contribution is -2.16. The highest BCUT2D eigenvalue weighted by atomic mass is 19.1. The van der Waals surface area contributed by atoms with Crippen LogP contribution in [0.3, 0.4) is 0 Å².